The fourth-order valence-electron chi connectivity index (χ4n) is 7.72. The zero-order valence-corrected chi connectivity index (χ0v) is 26.1. The van der Waals surface area contributed by atoms with E-state index in [4.69, 9.17) is 18.8 Å². The van der Waals surface area contributed by atoms with Crippen molar-refractivity contribution in [3.05, 3.63) is 152 Å². The molecule has 7 aromatic carbocycles. The summed E-state index contributed by atoms with van der Waals surface area (Å²) in [6, 6.07) is 52.1. The second-order valence-corrected chi connectivity index (χ2v) is 12.5. The molecule has 0 spiro atoms. The molecule has 228 valence electrons. The molecule has 0 aliphatic carbocycles. The van der Waals surface area contributed by atoms with E-state index in [2.05, 4.69) is 102 Å². The first kappa shape index (κ1) is 26.4. The van der Waals surface area contributed by atoms with Gasteiger partial charge in [0.05, 0.1) is 27.8 Å². The van der Waals surface area contributed by atoms with Crippen molar-refractivity contribution < 1.29 is 8.83 Å². The number of nitrogens with zero attached hydrogens (tertiary/aromatic N) is 3. The Morgan fingerprint density at radius 3 is 1.67 bits per heavy atom. The maximum absolute atomic E-state index is 6.87. The van der Waals surface area contributed by atoms with Crippen molar-refractivity contribution in [2.45, 2.75) is 0 Å². The summed E-state index contributed by atoms with van der Waals surface area (Å²) in [5.74, 6) is 0.598. The highest BCUT2D eigenvalue weighted by Crippen LogP contribution is 2.49. The first-order chi connectivity index (χ1) is 24.3. The molecule has 0 saturated carbocycles. The maximum atomic E-state index is 6.87. The lowest BCUT2D eigenvalue weighted by atomic mass is 9.96. The first-order valence-electron chi connectivity index (χ1n) is 16.4. The highest BCUT2D eigenvalue weighted by Gasteiger charge is 2.26. The Bertz CT molecular complexity index is 3040. The van der Waals surface area contributed by atoms with Gasteiger partial charge >= 0.3 is 0 Å². The zero-order valence-electron chi connectivity index (χ0n) is 26.1. The van der Waals surface area contributed by atoms with Gasteiger partial charge in [-0.3, -0.25) is 4.57 Å². The molecule has 5 heteroatoms. The first-order valence-corrected chi connectivity index (χ1v) is 16.4. The van der Waals surface area contributed by atoms with Crippen molar-refractivity contribution in [1.29, 1.82) is 0 Å². The minimum absolute atomic E-state index is 0.598. The maximum Gasteiger partial charge on any atom is 0.235 e. The summed E-state index contributed by atoms with van der Waals surface area (Å²) in [6.45, 7) is 0. The summed E-state index contributed by atoms with van der Waals surface area (Å²) < 4.78 is 15.6. The van der Waals surface area contributed by atoms with Crippen LogP contribution in [0.4, 0.5) is 0 Å². The number of para-hydroxylation sites is 3. The average molecular weight is 628 g/mol. The number of aromatic nitrogens is 3. The smallest absolute Gasteiger partial charge is 0.235 e. The summed E-state index contributed by atoms with van der Waals surface area (Å²) in [5.41, 5.74) is 9.17. The van der Waals surface area contributed by atoms with Gasteiger partial charge in [0.25, 0.3) is 0 Å². The molecule has 0 radical (unpaired) electrons. The minimum Gasteiger partial charge on any atom is -0.456 e. The molecule has 11 aromatic rings. The Labute approximate surface area is 279 Å². The fourth-order valence-corrected chi connectivity index (χ4v) is 7.72. The molecular formula is C44H25N3O2. The van der Waals surface area contributed by atoms with E-state index in [1.807, 2.05) is 54.6 Å². The van der Waals surface area contributed by atoms with Gasteiger partial charge in [0.15, 0.2) is 0 Å². The third kappa shape index (κ3) is 3.70. The number of hydrogen-bond donors (Lipinski definition) is 0. The van der Waals surface area contributed by atoms with Gasteiger partial charge in [-0.25, -0.2) is 9.97 Å². The van der Waals surface area contributed by atoms with Gasteiger partial charge in [0.1, 0.15) is 22.3 Å². The van der Waals surface area contributed by atoms with Crippen LogP contribution in [0.3, 0.4) is 0 Å². The molecular weight excluding hydrogens is 603 g/mol. The molecule has 4 heterocycles. The molecule has 0 fully saturated rings. The van der Waals surface area contributed by atoms with Gasteiger partial charge in [-0.15, -0.1) is 0 Å². The molecule has 0 saturated heterocycles. The number of fused-ring (bicyclic) bond motifs is 14. The molecule has 4 aromatic heterocycles. The van der Waals surface area contributed by atoms with Gasteiger partial charge < -0.3 is 8.83 Å². The van der Waals surface area contributed by atoms with E-state index < -0.39 is 0 Å². The number of furan rings is 2. The van der Waals surface area contributed by atoms with Crippen molar-refractivity contribution in [3.63, 3.8) is 0 Å². The van der Waals surface area contributed by atoms with Crippen LogP contribution in [-0.2, 0) is 0 Å². The number of rotatable bonds is 3. The molecule has 11 rings (SSSR count). The van der Waals surface area contributed by atoms with Crippen LogP contribution in [-0.4, -0.2) is 14.5 Å². The molecule has 0 amide bonds. The Hall–Kier alpha value is -6.72. The third-order valence-corrected chi connectivity index (χ3v) is 9.80. The Balaban J connectivity index is 1.39. The summed E-state index contributed by atoms with van der Waals surface area (Å²) in [6.07, 6.45) is 0. The third-order valence-electron chi connectivity index (χ3n) is 9.80. The second-order valence-electron chi connectivity index (χ2n) is 12.5. The van der Waals surface area contributed by atoms with Crippen LogP contribution in [0, 0.1) is 0 Å². The van der Waals surface area contributed by atoms with Crippen LogP contribution in [0.1, 0.15) is 0 Å². The van der Waals surface area contributed by atoms with Gasteiger partial charge in [0.2, 0.25) is 5.95 Å². The topological polar surface area (TPSA) is 57.0 Å². The van der Waals surface area contributed by atoms with Crippen molar-refractivity contribution in [2.24, 2.45) is 0 Å². The van der Waals surface area contributed by atoms with Gasteiger partial charge in [0, 0.05) is 48.8 Å². The van der Waals surface area contributed by atoms with E-state index >= 15 is 0 Å². The summed E-state index contributed by atoms with van der Waals surface area (Å²) >= 11 is 0. The Kier molecular flexibility index (Phi) is 5.32. The molecule has 0 aliphatic heterocycles. The van der Waals surface area contributed by atoms with Crippen LogP contribution in [0.2, 0.25) is 0 Å². The fraction of sp³-hybridized carbons (Fsp3) is 0. The quantitative estimate of drug-likeness (QED) is 0.196. The Morgan fingerprint density at radius 1 is 0.408 bits per heavy atom. The lowest BCUT2D eigenvalue weighted by Gasteiger charge is -2.13. The Morgan fingerprint density at radius 2 is 0.980 bits per heavy atom. The van der Waals surface area contributed by atoms with Crippen molar-refractivity contribution in [1.82, 2.24) is 14.5 Å². The highest BCUT2D eigenvalue weighted by atomic mass is 16.3. The normalized spacial score (nSPS) is 12.1. The molecule has 49 heavy (non-hydrogen) atoms. The molecule has 5 nitrogen and oxygen atoms in total. The van der Waals surface area contributed by atoms with Crippen LogP contribution in [0.5, 0.6) is 0 Å². The van der Waals surface area contributed by atoms with Crippen LogP contribution in [0.15, 0.2) is 160 Å². The van der Waals surface area contributed by atoms with Crippen molar-refractivity contribution in [3.8, 4) is 28.5 Å². The van der Waals surface area contributed by atoms with E-state index in [0.717, 1.165) is 99.0 Å². The largest absolute Gasteiger partial charge is 0.456 e. The summed E-state index contributed by atoms with van der Waals surface area (Å²) in [5, 5.41) is 8.61. The average Bonchev–Trinajstić information content (AvgIpc) is 3.85. The highest BCUT2D eigenvalue weighted by molar-refractivity contribution is 6.40. The summed E-state index contributed by atoms with van der Waals surface area (Å²) in [4.78, 5) is 10.6. The predicted molar refractivity (Wildman–Crippen MR) is 199 cm³/mol. The molecule has 0 atom stereocenters. The van der Waals surface area contributed by atoms with Crippen LogP contribution in [0.25, 0.3) is 105 Å². The SMILES string of the molecule is c1ccc(-c2cc(-c3ccccc3)nc(-n3c4ccccc4c4c5oc6ccccc6c5c5c(ccc6oc7ccccc7c65)c43)n2)cc1. The van der Waals surface area contributed by atoms with Crippen LogP contribution < -0.4 is 0 Å². The second kappa shape index (κ2) is 9.89. The van der Waals surface area contributed by atoms with Gasteiger partial charge in [-0.2, -0.15) is 0 Å². The predicted octanol–water partition coefficient (Wildman–Crippen LogP) is 11.9. The van der Waals surface area contributed by atoms with Gasteiger partial charge in [-0.05, 0) is 36.4 Å². The van der Waals surface area contributed by atoms with E-state index in [1.54, 1.807) is 0 Å². The monoisotopic (exact) mass is 627 g/mol. The summed E-state index contributed by atoms with van der Waals surface area (Å²) in [7, 11) is 0. The van der Waals surface area contributed by atoms with E-state index in [-0.39, 0.29) is 0 Å². The standard InChI is InChI=1S/C44H25N3O2/c1-3-13-26(14-4-1)32-25-33(27-15-5-2-6-16-27)46-44(45-32)47-34-20-10-7-17-28(34)41-42(47)31-23-24-37-38(29-18-8-11-21-35(29)48-37)39(31)40-30-19-9-12-22-36(30)49-43(40)41/h1-25H. The van der Waals surface area contributed by atoms with E-state index in [1.165, 1.54) is 0 Å². The molecule has 0 N–H and O–H groups in total. The lowest BCUT2D eigenvalue weighted by Crippen LogP contribution is -2.04. The van der Waals surface area contributed by atoms with E-state index in [9.17, 15) is 0 Å². The minimum atomic E-state index is 0.598. The number of benzene rings is 7. The van der Waals surface area contributed by atoms with Crippen LogP contribution >= 0.6 is 0 Å². The number of hydrogen-bond acceptors (Lipinski definition) is 4. The molecule has 0 unspecified atom stereocenters. The zero-order chi connectivity index (χ0) is 32.1. The van der Waals surface area contributed by atoms with E-state index in [0.29, 0.717) is 5.95 Å². The lowest BCUT2D eigenvalue weighted by molar-refractivity contribution is 0.669. The van der Waals surface area contributed by atoms with Crippen molar-refractivity contribution >= 4 is 76.5 Å². The van der Waals surface area contributed by atoms with Crippen molar-refractivity contribution in [2.75, 3.05) is 0 Å². The molecule has 0 bridgehead atoms. The van der Waals surface area contributed by atoms with Gasteiger partial charge in [-0.1, -0.05) is 115 Å². The molecule has 0 aliphatic rings.